The fourth-order valence-corrected chi connectivity index (χ4v) is 3.04. The van der Waals surface area contributed by atoms with Crippen LogP contribution in [-0.4, -0.2) is 11.9 Å². The zero-order valence-corrected chi connectivity index (χ0v) is 14.4. The molecule has 0 saturated carbocycles. The Balaban J connectivity index is 1.56. The largest absolute Gasteiger partial charge is 0.416 e. The van der Waals surface area contributed by atoms with Crippen LogP contribution in [0.3, 0.4) is 0 Å². The minimum atomic E-state index is -4.40. The van der Waals surface area contributed by atoms with E-state index in [0.29, 0.717) is 17.0 Å². The van der Waals surface area contributed by atoms with E-state index in [1.807, 2.05) is 18.2 Å². The number of carbonyl (C=O) groups excluding carboxylic acids is 1. The predicted molar refractivity (Wildman–Crippen MR) is 92.2 cm³/mol. The molecule has 8 heteroatoms. The van der Waals surface area contributed by atoms with Gasteiger partial charge in [0.15, 0.2) is 0 Å². The van der Waals surface area contributed by atoms with E-state index in [0.717, 1.165) is 17.7 Å². The summed E-state index contributed by atoms with van der Waals surface area (Å²) in [5, 5.41) is 3.28. The van der Waals surface area contributed by atoms with Gasteiger partial charge in [-0.2, -0.15) is 13.2 Å². The third kappa shape index (κ3) is 4.55. The third-order valence-electron chi connectivity index (χ3n) is 4.19. The Bertz CT molecular complexity index is 797. The monoisotopic (exact) mass is 383 g/mol. The Labute approximate surface area is 153 Å². The fourth-order valence-electron chi connectivity index (χ4n) is 2.84. The van der Waals surface area contributed by atoms with Gasteiger partial charge in [0.25, 0.3) is 0 Å². The maximum Gasteiger partial charge on any atom is 0.416 e. The lowest BCUT2D eigenvalue weighted by Crippen LogP contribution is -2.42. The lowest BCUT2D eigenvalue weighted by molar-refractivity contribution is -0.137. The zero-order chi connectivity index (χ0) is 18.7. The zero-order valence-electron chi connectivity index (χ0n) is 13.6. The number of hydrogen-bond donors (Lipinski definition) is 3. The van der Waals surface area contributed by atoms with Crippen molar-refractivity contribution in [1.29, 1.82) is 0 Å². The van der Waals surface area contributed by atoms with Gasteiger partial charge in [0.05, 0.1) is 5.56 Å². The molecule has 1 heterocycles. The van der Waals surface area contributed by atoms with E-state index in [-0.39, 0.29) is 18.5 Å². The van der Waals surface area contributed by atoms with Gasteiger partial charge in [0.2, 0.25) is 5.91 Å². The number of hydrazine groups is 1. The summed E-state index contributed by atoms with van der Waals surface area (Å²) >= 11 is 5.98. The topological polar surface area (TPSA) is 53.2 Å². The van der Waals surface area contributed by atoms with Crippen molar-refractivity contribution in [3.05, 3.63) is 70.2 Å². The van der Waals surface area contributed by atoms with Crippen molar-refractivity contribution < 1.29 is 18.0 Å². The number of rotatable bonds is 4. The first-order chi connectivity index (χ1) is 12.3. The number of halogens is 4. The molecule has 26 heavy (non-hydrogen) atoms. The van der Waals surface area contributed by atoms with Gasteiger partial charge in [-0.3, -0.25) is 4.79 Å². The van der Waals surface area contributed by atoms with Crippen LogP contribution in [0.15, 0.2) is 48.5 Å². The van der Waals surface area contributed by atoms with Gasteiger partial charge >= 0.3 is 6.18 Å². The fraction of sp³-hybridized carbons (Fsp3) is 0.278. The molecule has 138 valence electrons. The number of benzene rings is 2. The van der Waals surface area contributed by atoms with Crippen molar-refractivity contribution in [2.24, 2.45) is 0 Å². The summed E-state index contributed by atoms with van der Waals surface area (Å²) < 4.78 is 38.2. The molecule has 2 atom stereocenters. The van der Waals surface area contributed by atoms with Crippen LogP contribution in [-0.2, 0) is 17.5 Å². The van der Waals surface area contributed by atoms with Crippen molar-refractivity contribution in [3.8, 4) is 0 Å². The van der Waals surface area contributed by atoms with Crippen LogP contribution in [0, 0.1) is 0 Å². The van der Waals surface area contributed by atoms with Crippen LogP contribution < -0.4 is 16.2 Å². The first kappa shape index (κ1) is 18.7. The highest BCUT2D eigenvalue weighted by Gasteiger charge is 2.31. The summed E-state index contributed by atoms with van der Waals surface area (Å²) in [5.74, 6) is -0.278. The standard InChI is InChI=1S/C18H17ClF3N3O/c19-14-6-2-4-12(8-14)15-9-16(25-24-15)17(26)23-10-11-3-1-5-13(7-11)18(20,21)22/h1-8,15-16,24-25H,9-10H2,(H,23,26). The van der Waals surface area contributed by atoms with Crippen LogP contribution >= 0.6 is 11.6 Å². The maximum absolute atomic E-state index is 12.7. The van der Waals surface area contributed by atoms with Crippen molar-refractivity contribution in [3.63, 3.8) is 0 Å². The lowest BCUT2D eigenvalue weighted by Gasteiger charge is -2.12. The number of alkyl halides is 3. The van der Waals surface area contributed by atoms with Gasteiger partial charge in [0.1, 0.15) is 6.04 Å². The Hall–Kier alpha value is -2.09. The van der Waals surface area contributed by atoms with Gasteiger partial charge in [-0.05, 0) is 41.8 Å². The van der Waals surface area contributed by atoms with Crippen LogP contribution in [0.5, 0.6) is 0 Å². The molecule has 0 spiro atoms. The Morgan fingerprint density at radius 1 is 1.15 bits per heavy atom. The summed E-state index contributed by atoms with van der Waals surface area (Å²) in [4.78, 5) is 12.3. The number of hydrogen-bond acceptors (Lipinski definition) is 3. The molecule has 0 radical (unpaired) electrons. The molecule has 4 nitrogen and oxygen atoms in total. The molecule has 2 aromatic rings. The molecule has 0 aromatic heterocycles. The van der Waals surface area contributed by atoms with Crippen LogP contribution in [0.4, 0.5) is 13.2 Å². The molecule has 1 saturated heterocycles. The number of amides is 1. The average molecular weight is 384 g/mol. The molecular weight excluding hydrogens is 367 g/mol. The van der Waals surface area contributed by atoms with Crippen molar-refractivity contribution in [1.82, 2.24) is 16.2 Å². The van der Waals surface area contributed by atoms with Crippen LogP contribution in [0.2, 0.25) is 5.02 Å². The van der Waals surface area contributed by atoms with Gasteiger partial charge in [-0.15, -0.1) is 0 Å². The first-order valence-corrected chi connectivity index (χ1v) is 8.41. The highest BCUT2D eigenvalue weighted by Crippen LogP contribution is 2.29. The summed E-state index contributed by atoms with van der Waals surface area (Å²) in [7, 11) is 0. The van der Waals surface area contributed by atoms with Crippen molar-refractivity contribution in [2.75, 3.05) is 0 Å². The van der Waals surface area contributed by atoms with Gasteiger partial charge in [-0.25, -0.2) is 10.9 Å². The Morgan fingerprint density at radius 3 is 2.65 bits per heavy atom. The van der Waals surface area contributed by atoms with Gasteiger partial charge in [0, 0.05) is 17.6 Å². The molecule has 2 aromatic carbocycles. The number of nitrogens with one attached hydrogen (secondary N) is 3. The molecule has 3 N–H and O–H groups in total. The van der Waals surface area contributed by atoms with Crippen LogP contribution in [0.1, 0.15) is 29.2 Å². The second-order valence-corrected chi connectivity index (χ2v) is 6.54. The van der Waals surface area contributed by atoms with Gasteiger partial charge < -0.3 is 5.32 Å². The number of carbonyl (C=O) groups is 1. The van der Waals surface area contributed by atoms with E-state index in [9.17, 15) is 18.0 Å². The van der Waals surface area contributed by atoms with E-state index in [1.54, 1.807) is 12.1 Å². The molecule has 1 amide bonds. The molecule has 2 unspecified atom stereocenters. The highest BCUT2D eigenvalue weighted by atomic mass is 35.5. The summed E-state index contributed by atoms with van der Waals surface area (Å²) in [6, 6.07) is 11.7. The Morgan fingerprint density at radius 2 is 1.92 bits per heavy atom. The molecular formula is C18H17ClF3N3O. The quantitative estimate of drug-likeness (QED) is 0.756. The van der Waals surface area contributed by atoms with Crippen molar-refractivity contribution >= 4 is 17.5 Å². The average Bonchev–Trinajstić information content (AvgIpc) is 3.09. The Kier molecular flexibility index (Phi) is 5.50. The van der Waals surface area contributed by atoms with E-state index in [2.05, 4.69) is 16.2 Å². The molecule has 0 bridgehead atoms. The summed E-state index contributed by atoms with van der Waals surface area (Å²) in [5.41, 5.74) is 6.57. The van der Waals surface area contributed by atoms with E-state index in [4.69, 9.17) is 11.6 Å². The van der Waals surface area contributed by atoms with Gasteiger partial charge in [-0.1, -0.05) is 35.9 Å². The summed E-state index contributed by atoms with van der Waals surface area (Å²) in [6.07, 6.45) is -3.89. The second-order valence-electron chi connectivity index (χ2n) is 6.10. The highest BCUT2D eigenvalue weighted by molar-refractivity contribution is 6.30. The maximum atomic E-state index is 12.7. The molecule has 1 fully saturated rings. The molecule has 1 aliphatic rings. The smallest absolute Gasteiger partial charge is 0.351 e. The second kappa shape index (κ2) is 7.65. The van der Waals surface area contributed by atoms with E-state index < -0.39 is 17.8 Å². The van der Waals surface area contributed by atoms with E-state index >= 15 is 0 Å². The third-order valence-corrected chi connectivity index (χ3v) is 4.43. The normalized spacial score (nSPS) is 20.2. The molecule has 3 rings (SSSR count). The van der Waals surface area contributed by atoms with Crippen LogP contribution in [0.25, 0.3) is 0 Å². The minimum Gasteiger partial charge on any atom is -0.351 e. The van der Waals surface area contributed by atoms with E-state index in [1.165, 1.54) is 6.07 Å². The lowest BCUT2D eigenvalue weighted by atomic mass is 10.0. The molecule has 0 aliphatic carbocycles. The SMILES string of the molecule is O=C(NCc1cccc(C(F)(F)F)c1)C1CC(c2cccc(Cl)c2)NN1. The van der Waals surface area contributed by atoms with Crippen molar-refractivity contribution in [2.45, 2.75) is 31.2 Å². The predicted octanol–water partition coefficient (Wildman–Crippen LogP) is 3.58. The molecule has 1 aliphatic heterocycles. The first-order valence-electron chi connectivity index (χ1n) is 8.03. The summed E-state index contributed by atoms with van der Waals surface area (Å²) in [6.45, 7) is 0.0305. The minimum absolute atomic E-state index is 0.0305.